The van der Waals surface area contributed by atoms with Crippen molar-refractivity contribution in [1.82, 2.24) is 0 Å². The first-order chi connectivity index (χ1) is 11.2. The van der Waals surface area contributed by atoms with Gasteiger partial charge in [0.15, 0.2) is 0 Å². The molecule has 1 N–H and O–H groups in total. The van der Waals surface area contributed by atoms with Crippen molar-refractivity contribution >= 4 is 5.97 Å². The molecule has 1 rings (SSSR count). The molecule has 0 saturated heterocycles. The van der Waals surface area contributed by atoms with Gasteiger partial charge in [-0.2, -0.15) is 0 Å². The molecule has 0 spiro atoms. The number of ether oxygens (including phenoxy) is 1. The molecule has 0 heterocycles. The van der Waals surface area contributed by atoms with E-state index in [0.717, 1.165) is 31.6 Å². The van der Waals surface area contributed by atoms with E-state index < -0.39 is 5.97 Å². The Morgan fingerprint density at radius 3 is 1.83 bits per heavy atom. The van der Waals surface area contributed by atoms with E-state index in [1.807, 2.05) is 12.1 Å². The minimum Gasteiger partial charge on any atom is -0.494 e. The van der Waals surface area contributed by atoms with Crippen LogP contribution in [0.4, 0.5) is 0 Å². The maximum Gasteiger partial charge on any atom is 0.303 e. The Labute approximate surface area is 141 Å². The van der Waals surface area contributed by atoms with E-state index in [9.17, 15) is 4.79 Å². The Morgan fingerprint density at radius 1 is 0.826 bits per heavy atom. The van der Waals surface area contributed by atoms with Crippen molar-refractivity contribution in [3.63, 3.8) is 0 Å². The number of hydrogen-bond acceptors (Lipinski definition) is 2. The fourth-order valence-corrected chi connectivity index (χ4v) is 2.62. The molecular formula is C20H32O3. The standard InChI is InChI=1S/C20H32O3/c1-18-13-15-19(16-14-18)23-17-11-9-7-5-3-2-4-6-8-10-12-20(21)22/h13-16H,2-12,17H2,1H3,(H,21,22). The van der Waals surface area contributed by atoms with Gasteiger partial charge in [0.2, 0.25) is 0 Å². The Balaban J connectivity index is 1.79. The average Bonchev–Trinajstić information content (AvgIpc) is 2.53. The monoisotopic (exact) mass is 320 g/mol. The first-order valence-electron chi connectivity index (χ1n) is 9.10. The second-order valence-electron chi connectivity index (χ2n) is 6.34. The van der Waals surface area contributed by atoms with Gasteiger partial charge >= 0.3 is 5.97 Å². The summed E-state index contributed by atoms with van der Waals surface area (Å²) >= 11 is 0. The third-order valence-corrected chi connectivity index (χ3v) is 4.07. The summed E-state index contributed by atoms with van der Waals surface area (Å²) in [4.78, 5) is 10.4. The number of benzene rings is 1. The van der Waals surface area contributed by atoms with Crippen LogP contribution in [0.3, 0.4) is 0 Å². The topological polar surface area (TPSA) is 46.5 Å². The lowest BCUT2D eigenvalue weighted by atomic mass is 10.1. The molecule has 3 nitrogen and oxygen atoms in total. The minimum atomic E-state index is -0.670. The SMILES string of the molecule is Cc1ccc(OCCCCCCCCCCCCC(=O)O)cc1. The molecule has 3 heteroatoms. The highest BCUT2D eigenvalue weighted by molar-refractivity contribution is 5.66. The zero-order chi connectivity index (χ0) is 16.8. The predicted molar refractivity (Wildman–Crippen MR) is 95.1 cm³/mol. The fourth-order valence-electron chi connectivity index (χ4n) is 2.62. The molecule has 0 bridgehead atoms. The summed E-state index contributed by atoms with van der Waals surface area (Å²) in [6.45, 7) is 2.90. The minimum absolute atomic E-state index is 0.324. The van der Waals surface area contributed by atoms with Crippen LogP contribution in [0, 0.1) is 6.92 Å². The van der Waals surface area contributed by atoms with Crippen LogP contribution >= 0.6 is 0 Å². The van der Waals surface area contributed by atoms with Gasteiger partial charge in [-0.05, 0) is 31.9 Å². The van der Waals surface area contributed by atoms with E-state index >= 15 is 0 Å². The number of aryl methyl sites for hydroxylation is 1. The summed E-state index contributed by atoms with van der Waals surface area (Å²) in [5, 5.41) is 8.54. The van der Waals surface area contributed by atoms with E-state index in [4.69, 9.17) is 9.84 Å². The molecule has 0 aliphatic rings. The van der Waals surface area contributed by atoms with E-state index in [-0.39, 0.29) is 0 Å². The van der Waals surface area contributed by atoms with Crippen LogP contribution in [-0.2, 0) is 4.79 Å². The summed E-state index contributed by atoms with van der Waals surface area (Å²) < 4.78 is 5.72. The van der Waals surface area contributed by atoms with Gasteiger partial charge in [-0.1, -0.05) is 69.1 Å². The average molecular weight is 320 g/mol. The smallest absolute Gasteiger partial charge is 0.303 e. The molecule has 0 aliphatic heterocycles. The summed E-state index contributed by atoms with van der Waals surface area (Å²) in [5.41, 5.74) is 1.26. The summed E-state index contributed by atoms with van der Waals surface area (Å²) in [6, 6.07) is 8.23. The zero-order valence-electron chi connectivity index (χ0n) is 14.6. The normalized spacial score (nSPS) is 10.7. The van der Waals surface area contributed by atoms with Gasteiger partial charge in [0.1, 0.15) is 5.75 Å². The van der Waals surface area contributed by atoms with Crippen molar-refractivity contribution in [3.05, 3.63) is 29.8 Å². The van der Waals surface area contributed by atoms with Crippen LogP contribution in [0.1, 0.15) is 76.2 Å². The lowest BCUT2D eigenvalue weighted by molar-refractivity contribution is -0.137. The van der Waals surface area contributed by atoms with E-state index in [0.29, 0.717) is 6.42 Å². The van der Waals surface area contributed by atoms with Crippen LogP contribution in [-0.4, -0.2) is 17.7 Å². The number of carboxylic acid groups (broad SMARTS) is 1. The molecule has 0 amide bonds. The Bertz CT molecular complexity index is 411. The van der Waals surface area contributed by atoms with Crippen molar-refractivity contribution in [1.29, 1.82) is 0 Å². The quantitative estimate of drug-likeness (QED) is 0.444. The highest BCUT2D eigenvalue weighted by atomic mass is 16.5. The second-order valence-corrected chi connectivity index (χ2v) is 6.34. The Kier molecular flexibility index (Phi) is 11.0. The fraction of sp³-hybridized carbons (Fsp3) is 0.650. The number of rotatable bonds is 14. The molecule has 1 aromatic rings. The van der Waals surface area contributed by atoms with Crippen molar-refractivity contribution in [2.24, 2.45) is 0 Å². The molecule has 1 aromatic carbocycles. The maximum atomic E-state index is 10.4. The lowest BCUT2D eigenvalue weighted by Gasteiger charge is -2.06. The number of carboxylic acids is 1. The summed E-state index contributed by atoms with van der Waals surface area (Å²) in [6.07, 6.45) is 12.2. The van der Waals surface area contributed by atoms with E-state index in [1.54, 1.807) is 0 Å². The molecule has 0 aromatic heterocycles. The number of hydrogen-bond donors (Lipinski definition) is 1. The molecule has 0 fully saturated rings. The molecule has 0 radical (unpaired) electrons. The van der Waals surface area contributed by atoms with Gasteiger partial charge < -0.3 is 9.84 Å². The van der Waals surface area contributed by atoms with Gasteiger partial charge in [0, 0.05) is 6.42 Å². The summed E-state index contributed by atoms with van der Waals surface area (Å²) in [5.74, 6) is 0.301. The highest BCUT2D eigenvalue weighted by Crippen LogP contribution is 2.13. The number of unbranched alkanes of at least 4 members (excludes halogenated alkanes) is 9. The maximum absolute atomic E-state index is 10.4. The van der Waals surface area contributed by atoms with Crippen molar-refractivity contribution in [2.75, 3.05) is 6.61 Å². The summed E-state index contributed by atoms with van der Waals surface area (Å²) in [7, 11) is 0. The van der Waals surface area contributed by atoms with Crippen LogP contribution in [0.2, 0.25) is 0 Å². The van der Waals surface area contributed by atoms with Crippen molar-refractivity contribution in [3.8, 4) is 5.75 Å². The number of aliphatic carboxylic acids is 1. The Hall–Kier alpha value is -1.51. The highest BCUT2D eigenvalue weighted by Gasteiger charge is 1.97. The molecule has 0 atom stereocenters. The van der Waals surface area contributed by atoms with Crippen LogP contribution in [0.5, 0.6) is 5.75 Å². The van der Waals surface area contributed by atoms with Crippen molar-refractivity contribution < 1.29 is 14.6 Å². The van der Waals surface area contributed by atoms with E-state index in [2.05, 4.69) is 19.1 Å². The number of carbonyl (C=O) groups is 1. The molecule has 0 aliphatic carbocycles. The largest absolute Gasteiger partial charge is 0.494 e. The van der Waals surface area contributed by atoms with Crippen LogP contribution in [0.15, 0.2) is 24.3 Å². The molecule has 0 unspecified atom stereocenters. The van der Waals surface area contributed by atoms with Gasteiger partial charge in [-0.3, -0.25) is 4.79 Å². The molecule has 130 valence electrons. The van der Waals surface area contributed by atoms with Gasteiger partial charge in [0.25, 0.3) is 0 Å². The third-order valence-electron chi connectivity index (χ3n) is 4.07. The first-order valence-corrected chi connectivity index (χ1v) is 9.10. The Morgan fingerprint density at radius 2 is 1.30 bits per heavy atom. The molecule has 23 heavy (non-hydrogen) atoms. The van der Waals surface area contributed by atoms with Gasteiger partial charge in [-0.15, -0.1) is 0 Å². The first kappa shape index (κ1) is 19.5. The molecule has 0 saturated carbocycles. The van der Waals surface area contributed by atoms with Gasteiger partial charge in [0.05, 0.1) is 6.61 Å². The zero-order valence-corrected chi connectivity index (χ0v) is 14.6. The van der Waals surface area contributed by atoms with E-state index in [1.165, 1.54) is 50.5 Å². The second kappa shape index (κ2) is 13.0. The van der Waals surface area contributed by atoms with Gasteiger partial charge in [-0.25, -0.2) is 0 Å². The van der Waals surface area contributed by atoms with Crippen molar-refractivity contribution in [2.45, 2.75) is 77.6 Å². The lowest BCUT2D eigenvalue weighted by Crippen LogP contribution is -1.97. The van der Waals surface area contributed by atoms with Crippen LogP contribution in [0.25, 0.3) is 0 Å². The third kappa shape index (κ3) is 11.7. The van der Waals surface area contributed by atoms with Crippen LogP contribution < -0.4 is 4.74 Å². The molecular weight excluding hydrogens is 288 g/mol. The predicted octanol–water partition coefficient (Wildman–Crippen LogP) is 5.75.